The maximum atomic E-state index is 11.2. The molecule has 0 aromatic heterocycles. The normalized spacial score (nSPS) is 25.3. The molecule has 0 saturated heterocycles. The Morgan fingerprint density at radius 2 is 2.09 bits per heavy atom. The van der Waals surface area contributed by atoms with E-state index < -0.39 is 0 Å². The molecule has 2 nitrogen and oxygen atoms in total. The van der Waals surface area contributed by atoms with Crippen molar-refractivity contribution in [2.45, 2.75) is 26.7 Å². The van der Waals surface area contributed by atoms with Gasteiger partial charge in [-0.15, -0.1) is 6.26 Å². The van der Waals surface area contributed by atoms with Gasteiger partial charge in [-0.3, -0.25) is 4.79 Å². The van der Waals surface area contributed by atoms with Gasteiger partial charge in [-0.05, 0) is 18.4 Å². The van der Waals surface area contributed by atoms with Crippen molar-refractivity contribution in [1.29, 1.82) is 0 Å². The Kier molecular flexibility index (Phi) is 3.82. The van der Waals surface area contributed by atoms with Gasteiger partial charge in [0.15, 0.2) is 5.78 Å². The van der Waals surface area contributed by atoms with E-state index in [2.05, 4.69) is 0 Å². The summed E-state index contributed by atoms with van der Waals surface area (Å²) in [7, 11) is 0. The van der Waals surface area contributed by atoms with E-state index in [1.165, 1.54) is 0 Å². The number of rotatable bonds is 0. The molecule has 0 spiro atoms. The molecule has 3 heteroatoms. The molecule has 0 heterocycles. The van der Waals surface area contributed by atoms with Crippen molar-refractivity contribution >= 4 is 5.78 Å². The number of carbonyl (C=O) groups is 1. The third-order valence-corrected chi connectivity index (χ3v) is 2.07. The third kappa shape index (κ3) is 2.08. The van der Waals surface area contributed by atoms with Crippen LogP contribution >= 0.6 is 0 Å². The minimum Gasteiger partial charge on any atom is -0.878 e. The van der Waals surface area contributed by atoms with Gasteiger partial charge in [0.1, 0.15) is 0 Å². The molecular formula is C8H11NaO2. The SMILES string of the molecule is CC1(C)CCC(=C[O-])C1=O.[Na+]. The van der Waals surface area contributed by atoms with Gasteiger partial charge in [0, 0.05) is 5.41 Å². The zero-order chi connectivity index (χ0) is 7.78. The Hall–Kier alpha value is 0.210. The van der Waals surface area contributed by atoms with Crippen LogP contribution in [0.2, 0.25) is 0 Å². The molecule has 11 heavy (non-hydrogen) atoms. The van der Waals surface area contributed by atoms with Crippen LogP contribution < -0.4 is 34.7 Å². The predicted octanol–water partition coefficient (Wildman–Crippen LogP) is -2.38. The van der Waals surface area contributed by atoms with Crippen molar-refractivity contribution in [3.8, 4) is 0 Å². The van der Waals surface area contributed by atoms with E-state index in [9.17, 15) is 9.90 Å². The van der Waals surface area contributed by atoms with Crippen molar-refractivity contribution in [2.75, 3.05) is 0 Å². The van der Waals surface area contributed by atoms with E-state index in [4.69, 9.17) is 0 Å². The fourth-order valence-corrected chi connectivity index (χ4v) is 1.22. The first-order valence-corrected chi connectivity index (χ1v) is 3.44. The average Bonchev–Trinajstić information content (AvgIpc) is 2.10. The van der Waals surface area contributed by atoms with E-state index in [0.29, 0.717) is 18.3 Å². The summed E-state index contributed by atoms with van der Waals surface area (Å²) in [6, 6.07) is 0. The van der Waals surface area contributed by atoms with E-state index in [0.717, 1.165) is 6.42 Å². The summed E-state index contributed by atoms with van der Waals surface area (Å²) in [5, 5.41) is 10.2. The molecule has 1 aliphatic rings. The molecule has 0 atom stereocenters. The summed E-state index contributed by atoms with van der Waals surface area (Å²) in [6.45, 7) is 3.76. The van der Waals surface area contributed by atoms with E-state index >= 15 is 0 Å². The molecule has 0 bridgehead atoms. The second-order valence-corrected chi connectivity index (χ2v) is 3.36. The van der Waals surface area contributed by atoms with Gasteiger partial charge >= 0.3 is 29.6 Å². The van der Waals surface area contributed by atoms with Gasteiger partial charge in [0.25, 0.3) is 0 Å². The molecule has 1 fully saturated rings. The number of Topliss-reactive ketones (excluding diaryl/α,β-unsaturated/α-hetero) is 1. The van der Waals surface area contributed by atoms with Crippen molar-refractivity contribution in [3.05, 3.63) is 11.8 Å². The van der Waals surface area contributed by atoms with Crippen LogP contribution in [0.1, 0.15) is 26.7 Å². The first kappa shape index (κ1) is 11.2. The van der Waals surface area contributed by atoms with Gasteiger partial charge in [0.2, 0.25) is 0 Å². The zero-order valence-corrected chi connectivity index (χ0v) is 9.31. The second kappa shape index (κ2) is 3.74. The summed E-state index contributed by atoms with van der Waals surface area (Å²) in [5.41, 5.74) is 0.181. The van der Waals surface area contributed by atoms with Crippen molar-refractivity contribution < 1.29 is 39.5 Å². The molecule has 0 aromatic rings. The third-order valence-electron chi connectivity index (χ3n) is 2.07. The number of hydrogen-bond donors (Lipinski definition) is 0. The van der Waals surface area contributed by atoms with Crippen LogP contribution in [0, 0.1) is 5.41 Å². The summed E-state index contributed by atoms with van der Waals surface area (Å²) in [6.07, 6.45) is 2.17. The topological polar surface area (TPSA) is 40.1 Å². The van der Waals surface area contributed by atoms with Gasteiger partial charge in [-0.25, -0.2) is 0 Å². The summed E-state index contributed by atoms with van der Waals surface area (Å²) in [4.78, 5) is 11.2. The molecule has 0 N–H and O–H groups in total. The van der Waals surface area contributed by atoms with E-state index in [1.807, 2.05) is 13.8 Å². The Labute approximate surface area is 89.0 Å². The van der Waals surface area contributed by atoms with Crippen LogP contribution in [0.3, 0.4) is 0 Å². The van der Waals surface area contributed by atoms with Crippen LogP contribution in [0.5, 0.6) is 0 Å². The van der Waals surface area contributed by atoms with E-state index in [-0.39, 0.29) is 40.8 Å². The van der Waals surface area contributed by atoms with E-state index in [1.54, 1.807) is 0 Å². The maximum Gasteiger partial charge on any atom is 1.00 e. The number of ketones is 1. The second-order valence-electron chi connectivity index (χ2n) is 3.36. The standard InChI is InChI=1S/C8H12O2.Na/c1-8(2)4-3-6(5-9)7(8)10;/h5,9H,3-4H2,1-2H3;/q;+1/p-1. The summed E-state index contributed by atoms with van der Waals surface area (Å²) < 4.78 is 0. The van der Waals surface area contributed by atoms with Gasteiger partial charge in [0.05, 0.1) is 0 Å². The number of allylic oxidation sites excluding steroid dienone is 1. The minimum atomic E-state index is -0.282. The summed E-state index contributed by atoms with van der Waals surface area (Å²) in [5.74, 6) is 0.0301. The van der Waals surface area contributed by atoms with Gasteiger partial charge in [-0.1, -0.05) is 13.8 Å². The smallest absolute Gasteiger partial charge is 0.878 e. The Morgan fingerprint density at radius 3 is 2.27 bits per heavy atom. The van der Waals surface area contributed by atoms with Crippen molar-refractivity contribution in [1.82, 2.24) is 0 Å². The fourth-order valence-electron chi connectivity index (χ4n) is 1.22. The molecule has 0 unspecified atom stereocenters. The van der Waals surface area contributed by atoms with Crippen LogP contribution in [-0.4, -0.2) is 5.78 Å². The molecule has 1 aliphatic carbocycles. The first-order valence-electron chi connectivity index (χ1n) is 3.44. The maximum absolute atomic E-state index is 11.2. The van der Waals surface area contributed by atoms with Gasteiger partial charge in [-0.2, -0.15) is 0 Å². The average molecular weight is 162 g/mol. The molecule has 0 radical (unpaired) electrons. The van der Waals surface area contributed by atoms with Crippen molar-refractivity contribution in [3.63, 3.8) is 0 Å². The Morgan fingerprint density at radius 1 is 1.55 bits per heavy atom. The molecule has 56 valence electrons. The van der Waals surface area contributed by atoms with Crippen LogP contribution in [-0.2, 0) is 4.79 Å². The molecular weight excluding hydrogens is 151 g/mol. The quantitative estimate of drug-likeness (QED) is 0.227. The predicted molar refractivity (Wildman–Crippen MR) is 36.1 cm³/mol. The van der Waals surface area contributed by atoms with Crippen LogP contribution in [0.4, 0.5) is 0 Å². The Balaban J connectivity index is 0.000001000. The largest absolute Gasteiger partial charge is 1.00 e. The first-order chi connectivity index (χ1) is 4.58. The molecule has 1 saturated carbocycles. The molecule has 0 amide bonds. The van der Waals surface area contributed by atoms with Gasteiger partial charge < -0.3 is 5.11 Å². The zero-order valence-electron chi connectivity index (χ0n) is 7.31. The van der Waals surface area contributed by atoms with Crippen LogP contribution in [0.25, 0.3) is 0 Å². The minimum absolute atomic E-state index is 0. The Bertz CT molecular complexity index is 194. The van der Waals surface area contributed by atoms with Crippen molar-refractivity contribution in [2.24, 2.45) is 5.41 Å². The monoisotopic (exact) mass is 162 g/mol. The molecule has 1 rings (SSSR count). The fraction of sp³-hybridized carbons (Fsp3) is 0.625. The molecule has 0 aliphatic heterocycles. The van der Waals surface area contributed by atoms with Crippen LogP contribution in [0.15, 0.2) is 11.8 Å². The summed E-state index contributed by atoms with van der Waals surface area (Å²) >= 11 is 0. The number of hydrogen-bond acceptors (Lipinski definition) is 2. The molecule has 0 aromatic carbocycles. The number of carbonyl (C=O) groups excluding carboxylic acids is 1.